The van der Waals surface area contributed by atoms with E-state index in [-0.39, 0.29) is 35.5 Å². The van der Waals surface area contributed by atoms with Gasteiger partial charge >= 0.3 is 5.97 Å². The number of benzene rings is 1. The zero-order valence-electron chi connectivity index (χ0n) is 13.8. The van der Waals surface area contributed by atoms with Gasteiger partial charge < -0.3 is 14.7 Å². The zero-order chi connectivity index (χ0) is 18.9. The predicted octanol–water partition coefficient (Wildman–Crippen LogP) is 1.80. The molecule has 3 rings (SSSR count). The maximum atomic E-state index is 12.9. The molecule has 0 bridgehead atoms. The number of rotatable bonds is 5. The van der Waals surface area contributed by atoms with Crippen LogP contribution in [0, 0.1) is 0 Å². The average Bonchev–Trinajstić information content (AvgIpc) is 2.59. The molecule has 1 aliphatic heterocycles. The van der Waals surface area contributed by atoms with Gasteiger partial charge in [0.15, 0.2) is 0 Å². The molecular formula is C16H16ClN3O5S. The molecule has 0 amide bonds. The van der Waals surface area contributed by atoms with Crippen LogP contribution in [0.15, 0.2) is 41.4 Å². The number of aliphatic carboxylic acids is 1. The highest BCUT2D eigenvalue weighted by molar-refractivity contribution is 7.89. The maximum absolute atomic E-state index is 12.9. The van der Waals surface area contributed by atoms with Gasteiger partial charge in [0.05, 0.1) is 18.8 Å². The van der Waals surface area contributed by atoms with E-state index >= 15 is 0 Å². The van der Waals surface area contributed by atoms with Crippen LogP contribution in [0.3, 0.4) is 0 Å². The van der Waals surface area contributed by atoms with Crippen molar-refractivity contribution in [1.82, 2.24) is 9.29 Å². The van der Waals surface area contributed by atoms with E-state index in [0.717, 1.165) is 5.56 Å². The van der Waals surface area contributed by atoms with E-state index in [4.69, 9.17) is 21.4 Å². The van der Waals surface area contributed by atoms with E-state index < -0.39 is 16.0 Å². The monoisotopic (exact) mass is 397 g/mol. The number of hydrogen-bond acceptors (Lipinski definition) is 6. The number of methoxy groups -OCH3 is 1. The molecule has 0 unspecified atom stereocenters. The second-order valence-corrected chi connectivity index (χ2v) is 8.01. The van der Waals surface area contributed by atoms with Gasteiger partial charge in [0, 0.05) is 12.7 Å². The first-order chi connectivity index (χ1) is 12.3. The molecule has 26 heavy (non-hydrogen) atoms. The molecule has 0 saturated carbocycles. The first-order valence-corrected chi connectivity index (χ1v) is 9.38. The lowest BCUT2D eigenvalue weighted by Gasteiger charge is -2.35. The van der Waals surface area contributed by atoms with Gasteiger partial charge in [-0.05, 0) is 23.8 Å². The molecule has 1 N–H and O–H groups in total. The largest absolute Gasteiger partial charge is 0.497 e. The number of nitrogens with zero attached hydrogens (tertiary/aromatic N) is 3. The summed E-state index contributed by atoms with van der Waals surface area (Å²) in [6, 6.07) is 8.25. The molecule has 0 atom stereocenters. The molecule has 2 aromatic rings. The summed E-state index contributed by atoms with van der Waals surface area (Å²) in [4.78, 5) is 16.5. The lowest BCUT2D eigenvalue weighted by molar-refractivity contribution is -0.135. The Morgan fingerprint density at radius 3 is 2.65 bits per heavy atom. The third-order valence-corrected chi connectivity index (χ3v) is 5.88. The van der Waals surface area contributed by atoms with Crippen molar-refractivity contribution in [3.63, 3.8) is 0 Å². The number of sulfonamides is 1. The summed E-state index contributed by atoms with van der Waals surface area (Å²) in [5.74, 6) is -0.344. The van der Waals surface area contributed by atoms with E-state index in [9.17, 15) is 13.2 Å². The van der Waals surface area contributed by atoms with Gasteiger partial charge in [-0.25, -0.2) is 13.4 Å². The smallest absolute Gasteiger partial charge is 0.323 e. The minimum atomic E-state index is -3.87. The van der Waals surface area contributed by atoms with Crippen LogP contribution in [0.1, 0.15) is 5.56 Å². The van der Waals surface area contributed by atoms with Crippen LogP contribution in [0.4, 0.5) is 5.82 Å². The summed E-state index contributed by atoms with van der Waals surface area (Å²) in [5, 5.41) is 9.29. The standard InChI is InChI=1S/C16H16ClN3O5S/c1-25-13-4-2-11(3-5-13)8-20-10-19(9-15(21)22)16-14(26(20,23)24)6-12(17)7-18-16/h2-7H,8-10H2,1H3,(H,21,22). The summed E-state index contributed by atoms with van der Waals surface area (Å²) in [5.41, 5.74) is 0.739. The van der Waals surface area contributed by atoms with Gasteiger partial charge in [-0.1, -0.05) is 23.7 Å². The van der Waals surface area contributed by atoms with Gasteiger partial charge in [-0.15, -0.1) is 0 Å². The van der Waals surface area contributed by atoms with Crippen LogP contribution in [-0.4, -0.2) is 49.1 Å². The van der Waals surface area contributed by atoms with Crippen LogP contribution in [0.25, 0.3) is 0 Å². The summed E-state index contributed by atoms with van der Waals surface area (Å²) < 4.78 is 32.2. The number of carbonyl (C=O) groups is 1. The second kappa shape index (κ2) is 7.10. The maximum Gasteiger partial charge on any atom is 0.323 e. The number of anilines is 1. The number of ether oxygens (including phenoxy) is 1. The number of pyridine rings is 1. The van der Waals surface area contributed by atoms with Crippen molar-refractivity contribution in [2.75, 3.05) is 25.2 Å². The van der Waals surface area contributed by atoms with Crippen LogP contribution < -0.4 is 9.64 Å². The van der Waals surface area contributed by atoms with E-state index in [1.165, 1.54) is 21.5 Å². The Balaban J connectivity index is 1.98. The number of hydrogen-bond donors (Lipinski definition) is 1. The number of aromatic nitrogens is 1. The summed E-state index contributed by atoms with van der Waals surface area (Å²) in [7, 11) is -2.32. The van der Waals surface area contributed by atoms with E-state index in [1.807, 2.05) is 0 Å². The van der Waals surface area contributed by atoms with Gasteiger partial charge in [-0.3, -0.25) is 4.79 Å². The Morgan fingerprint density at radius 2 is 2.04 bits per heavy atom. The molecule has 0 spiro atoms. The number of carboxylic acids is 1. The first kappa shape index (κ1) is 18.4. The third-order valence-electron chi connectivity index (χ3n) is 3.89. The summed E-state index contributed by atoms with van der Waals surface area (Å²) in [6.07, 6.45) is 1.30. The normalized spacial score (nSPS) is 16.2. The Morgan fingerprint density at radius 1 is 1.35 bits per heavy atom. The Hall–Kier alpha value is -2.36. The fourth-order valence-electron chi connectivity index (χ4n) is 2.67. The minimum absolute atomic E-state index is 0.0778. The lowest BCUT2D eigenvalue weighted by atomic mass is 10.2. The molecule has 0 fully saturated rings. The molecule has 0 radical (unpaired) electrons. The average molecular weight is 398 g/mol. The molecule has 0 saturated heterocycles. The van der Waals surface area contributed by atoms with Gasteiger partial charge in [-0.2, -0.15) is 4.31 Å². The molecule has 1 aliphatic rings. The van der Waals surface area contributed by atoms with Crippen molar-refractivity contribution in [2.45, 2.75) is 11.4 Å². The van der Waals surface area contributed by atoms with Crippen LogP contribution in [0.5, 0.6) is 5.75 Å². The van der Waals surface area contributed by atoms with Crippen LogP contribution in [0.2, 0.25) is 5.02 Å². The highest BCUT2D eigenvalue weighted by Crippen LogP contribution is 2.33. The van der Waals surface area contributed by atoms with Gasteiger partial charge in [0.1, 0.15) is 23.0 Å². The topological polar surface area (TPSA) is 100 Å². The van der Waals surface area contributed by atoms with Gasteiger partial charge in [0.2, 0.25) is 10.0 Å². The molecule has 1 aromatic carbocycles. The highest BCUT2D eigenvalue weighted by Gasteiger charge is 2.37. The molecule has 0 aliphatic carbocycles. The first-order valence-electron chi connectivity index (χ1n) is 7.56. The minimum Gasteiger partial charge on any atom is -0.497 e. The fourth-order valence-corrected chi connectivity index (χ4v) is 4.47. The van der Waals surface area contributed by atoms with E-state index in [2.05, 4.69) is 4.98 Å². The Labute approximate surface area is 155 Å². The quantitative estimate of drug-likeness (QED) is 0.820. The van der Waals surface area contributed by atoms with E-state index in [1.54, 1.807) is 31.4 Å². The molecular weight excluding hydrogens is 382 g/mol. The molecule has 138 valence electrons. The Kier molecular flexibility index (Phi) is 5.03. The van der Waals surface area contributed by atoms with Crippen molar-refractivity contribution in [2.24, 2.45) is 0 Å². The van der Waals surface area contributed by atoms with Crippen molar-refractivity contribution in [3.05, 3.63) is 47.1 Å². The lowest BCUT2D eigenvalue weighted by Crippen LogP contribution is -2.48. The molecule has 1 aromatic heterocycles. The van der Waals surface area contributed by atoms with Crippen molar-refractivity contribution >= 4 is 33.4 Å². The number of halogens is 1. The van der Waals surface area contributed by atoms with Gasteiger partial charge in [0.25, 0.3) is 0 Å². The van der Waals surface area contributed by atoms with Crippen LogP contribution >= 0.6 is 11.6 Å². The van der Waals surface area contributed by atoms with E-state index in [0.29, 0.717) is 5.75 Å². The number of fused-ring (bicyclic) bond motifs is 1. The summed E-state index contributed by atoms with van der Waals surface area (Å²) in [6.45, 7) is -0.424. The summed E-state index contributed by atoms with van der Waals surface area (Å²) >= 11 is 5.90. The highest BCUT2D eigenvalue weighted by atomic mass is 35.5. The predicted molar refractivity (Wildman–Crippen MR) is 94.8 cm³/mol. The number of carboxylic acid groups (broad SMARTS) is 1. The molecule has 2 heterocycles. The molecule has 10 heteroatoms. The fraction of sp³-hybridized carbons (Fsp3) is 0.250. The van der Waals surface area contributed by atoms with Crippen molar-refractivity contribution < 1.29 is 23.1 Å². The third kappa shape index (κ3) is 3.59. The van der Waals surface area contributed by atoms with Crippen LogP contribution in [-0.2, 0) is 21.4 Å². The SMILES string of the molecule is COc1ccc(CN2CN(CC(=O)O)c3ncc(Cl)cc3S2(=O)=O)cc1. The second-order valence-electron chi connectivity index (χ2n) is 5.67. The zero-order valence-corrected chi connectivity index (χ0v) is 15.4. The van der Waals surface area contributed by atoms with Crippen molar-refractivity contribution in [1.29, 1.82) is 0 Å². The molecule has 8 nitrogen and oxygen atoms in total. The van der Waals surface area contributed by atoms with Crippen molar-refractivity contribution in [3.8, 4) is 5.75 Å². The Bertz CT molecular complexity index is 933.